The summed E-state index contributed by atoms with van der Waals surface area (Å²) in [6.07, 6.45) is 7.44. The summed E-state index contributed by atoms with van der Waals surface area (Å²) in [5.41, 5.74) is -2.03. The minimum atomic E-state index is -1.65. The smallest absolute Gasteiger partial charge is 0.302 e. The Hall–Kier alpha value is -1.83. The molecule has 0 spiro atoms. The third-order valence-corrected chi connectivity index (χ3v) is 11.5. The molecule has 0 unspecified atom stereocenters. The van der Waals surface area contributed by atoms with Crippen LogP contribution in [0, 0.1) is 45.3 Å². The van der Waals surface area contributed by atoms with E-state index in [4.69, 9.17) is 4.74 Å². The van der Waals surface area contributed by atoms with Gasteiger partial charge in [-0.3, -0.25) is 14.4 Å². The fourth-order valence-corrected chi connectivity index (χ4v) is 9.53. The zero-order valence-electron chi connectivity index (χ0n) is 24.9. The minimum Gasteiger partial charge on any atom is -0.462 e. The summed E-state index contributed by atoms with van der Waals surface area (Å²) >= 11 is 0. The zero-order valence-corrected chi connectivity index (χ0v) is 24.9. The quantitative estimate of drug-likeness (QED) is 0.325. The van der Waals surface area contributed by atoms with Crippen LogP contribution in [0.25, 0.3) is 0 Å². The molecule has 0 aromatic carbocycles. The molecule has 4 aliphatic rings. The maximum absolute atomic E-state index is 13.0. The fourth-order valence-electron chi connectivity index (χ4n) is 9.53. The van der Waals surface area contributed by atoms with Gasteiger partial charge in [-0.1, -0.05) is 52.3 Å². The van der Waals surface area contributed by atoms with E-state index in [1.807, 2.05) is 13.8 Å². The van der Waals surface area contributed by atoms with E-state index in [1.54, 1.807) is 6.08 Å². The first kappa shape index (κ1) is 30.1. The van der Waals surface area contributed by atoms with Crippen LogP contribution in [0.5, 0.6) is 0 Å². The maximum atomic E-state index is 13.0. The topological polar surface area (TPSA) is 121 Å². The molecular weight excluding hydrogens is 496 g/mol. The Morgan fingerprint density at radius 2 is 1.79 bits per heavy atom. The van der Waals surface area contributed by atoms with Crippen molar-refractivity contribution in [1.82, 2.24) is 0 Å². The summed E-state index contributed by atoms with van der Waals surface area (Å²) in [7, 11) is 0. The maximum Gasteiger partial charge on any atom is 0.302 e. The molecular formula is C32H48O7. The van der Waals surface area contributed by atoms with Gasteiger partial charge >= 0.3 is 5.97 Å². The highest BCUT2D eigenvalue weighted by atomic mass is 16.5. The standard InChI is InChI=1S/C32H48O7/c1-18(34)39-26-16-24-28(2,3)25(36)12-14-31(24,7)23-11-13-30(6)20(9-10-22(30)32(23,26)8)19(17-33)15-21(35)27(37)29(4,5)38/h10,12,14,19-21,23-24,26,33,35,38H,9,11,13,15-17H2,1-8H3/t19-,20+,21+,23-,24+,26-,30+,31-,32+/m1/s1. The largest absolute Gasteiger partial charge is 0.462 e. The lowest BCUT2D eigenvalue weighted by Gasteiger charge is -2.66. The number of aliphatic hydroxyl groups is 3. The fraction of sp³-hybridized carbons (Fsp3) is 0.781. The SMILES string of the molecule is CC(=O)O[C@@H]1C[C@H]2C(C)(C)C(=O)C=C[C@]2(C)[C@H]2CC[C@]3(C)C(=CC[C@H]3[C@@H](CO)C[C@H](O)C(=O)C(C)(C)O)[C@@]21C. The van der Waals surface area contributed by atoms with E-state index in [0.717, 1.165) is 12.8 Å². The van der Waals surface area contributed by atoms with Crippen LogP contribution in [0.2, 0.25) is 0 Å². The van der Waals surface area contributed by atoms with Crippen molar-refractivity contribution in [2.45, 2.75) is 105 Å². The number of hydrogen-bond donors (Lipinski definition) is 3. The minimum absolute atomic E-state index is 0.0112. The number of allylic oxidation sites excluding steroid dienone is 3. The summed E-state index contributed by atoms with van der Waals surface area (Å²) in [5.74, 6) is -1.04. The molecule has 7 nitrogen and oxygen atoms in total. The summed E-state index contributed by atoms with van der Waals surface area (Å²) in [4.78, 5) is 37.9. The second-order valence-corrected chi connectivity index (χ2v) is 14.5. The molecule has 2 fully saturated rings. The highest BCUT2D eigenvalue weighted by Gasteiger charge is 2.68. The molecule has 218 valence electrons. The molecule has 0 aliphatic heterocycles. The van der Waals surface area contributed by atoms with Gasteiger partial charge in [0.25, 0.3) is 0 Å². The normalized spacial score (nSPS) is 40.6. The van der Waals surface area contributed by atoms with E-state index in [2.05, 4.69) is 32.9 Å². The van der Waals surface area contributed by atoms with Gasteiger partial charge in [-0.25, -0.2) is 0 Å². The van der Waals surface area contributed by atoms with Crippen molar-refractivity contribution < 1.29 is 34.4 Å². The first-order valence-corrected chi connectivity index (χ1v) is 14.5. The lowest BCUT2D eigenvalue weighted by Crippen LogP contribution is -2.64. The molecule has 0 bridgehead atoms. The number of rotatable bonds is 7. The average Bonchev–Trinajstić information content (AvgIpc) is 3.18. The lowest BCUT2D eigenvalue weighted by molar-refractivity contribution is -0.188. The van der Waals surface area contributed by atoms with Crippen molar-refractivity contribution in [1.29, 1.82) is 0 Å². The van der Waals surface area contributed by atoms with E-state index in [1.165, 1.54) is 26.3 Å². The van der Waals surface area contributed by atoms with E-state index >= 15 is 0 Å². The van der Waals surface area contributed by atoms with Gasteiger partial charge in [0.2, 0.25) is 0 Å². The predicted octanol–water partition coefficient (Wildman–Crippen LogP) is 4.18. The Morgan fingerprint density at radius 3 is 2.36 bits per heavy atom. The molecule has 4 aliphatic carbocycles. The number of carbonyl (C=O) groups is 3. The van der Waals surface area contributed by atoms with Crippen LogP contribution >= 0.6 is 0 Å². The third kappa shape index (κ3) is 4.47. The summed E-state index contributed by atoms with van der Waals surface area (Å²) < 4.78 is 6.12. The van der Waals surface area contributed by atoms with Crippen molar-refractivity contribution in [3.63, 3.8) is 0 Å². The van der Waals surface area contributed by atoms with E-state index in [-0.39, 0.29) is 59.3 Å². The van der Waals surface area contributed by atoms with Gasteiger partial charge in [0, 0.05) is 24.4 Å². The van der Waals surface area contributed by atoms with Gasteiger partial charge in [0.1, 0.15) is 17.8 Å². The Balaban J connectivity index is 1.73. The van der Waals surface area contributed by atoms with Crippen LogP contribution in [-0.4, -0.2) is 57.3 Å². The molecule has 0 aromatic rings. The van der Waals surface area contributed by atoms with Gasteiger partial charge in [-0.15, -0.1) is 0 Å². The number of fused-ring (bicyclic) bond motifs is 5. The second kappa shape index (κ2) is 9.63. The van der Waals surface area contributed by atoms with Gasteiger partial charge in [-0.05, 0) is 86.5 Å². The van der Waals surface area contributed by atoms with Gasteiger partial charge < -0.3 is 20.1 Å². The van der Waals surface area contributed by atoms with Crippen molar-refractivity contribution >= 4 is 17.5 Å². The molecule has 0 aromatic heterocycles. The average molecular weight is 545 g/mol. The van der Waals surface area contributed by atoms with Crippen molar-refractivity contribution in [3.05, 3.63) is 23.8 Å². The second-order valence-electron chi connectivity index (χ2n) is 14.5. The summed E-state index contributed by atoms with van der Waals surface area (Å²) in [6.45, 7) is 14.7. The molecule has 3 N–H and O–H groups in total. The highest BCUT2D eigenvalue weighted by Crippen LogP contribution is 2.72. The Morgan fingerprint density at radius 1 is 1.15 bits per heavy atom. The lowest BCUT2D eigenvalue weighted by atomic mass is 9.38. The molecule has 9 atom stereocenters. The zero-order chi connectivity index (χ0) is 29.3. The van der Waals surface area contributed by atoms with Crippen molar-refractivity contribution in [2.75, 3.05) is 6.61 Å². The van der Waals surface area contributed by atoms with Crippen molar-refractivity contribution in [2.24, 2.45) is 45.3 Å². The van der Waals surface area contributed by atoms with E-state index < -0.39 is 34.4 Å². The van der Waals surface area contributed by atoms with Gasteiger partial charge in [-0.2, -0.15) is 0 Å². The number of aliphatic hydroxyl groups excluding tert-OH is 2. The predicted molar refractivity (Wildman–Crippen MR) is 147 cm³/mol. The summed E-state index contributed by atoms with van der Waals surface area (Å²) in [6, 6.07) is 0. The number of Topliss-reactive ketones (excluding diaryl/α,β-unsaturated/α-hetero) is 1. The van der Waals surface area contributed by atoms with Gasteiger partial charge in [0.15, 0.2) is 11.6 Å². The molecule has 7 heteroatoms. The number of hydrogen-bond acceptors (Lipinski definition) is 7. The summed E-state index contributed by atoms with van der Waals surface area (Å²) in [5, 5.41) is 31.3. The number of esters is 1. The van der Waals surface area contributed by atoms with Crippen molar-refractivity contribution in [3.8, 4) is 0 Å². The Bertz CT molecular complexity index is 1100. The molecule has 0 radical (unpaired) electrons. The van der Waals surface area contributed by atoms with Crippen LogP contribution in [0.3, 0.4) is 0 Å². The number of ether oxygens (including phenoxy) is 1. The first-order chi connectivity index (χ1) is 17.8. The van der Waals surface area contributed by atoms with E-state index in [9.17, 15) is 29.7 Å². The molecule has 0 saturated heterocycles. The molecule has 2 saturated carbocycles. The highest BCUT2D eigenvalue weighted by molar-refractivity contribution is 5.95. The Labute approximate surface area is 233 Å². The van der Waals surface area contributed by atoms with Crippen LogP contribution < -0.4 is 0 Å². The third-order valence-electron chi connectivity index (χ3n) is 11.5. The molecule has 39 heavy (non-hydrogen) atoms. The number of carbonyl (C=O) groups excluding carboxylic acids is 3. The first-order valence-electron chi connectivity index (χ1n) is 14.5. The van der Waals surface area contributed by atoms with E-state index in [0.29, 0.717) is 12.8 Å². The number of ketones is 2. The molecule has 0 heterocycles. The molecule has 4 rings (SSSR count). The van der Waals surface area contributed by atoms with Crippen LogP contribution in [0.4, 0.5) is 0 Å². The van der Waals surface area contributed by atoms with Gasteiger partial charge in [0.05, 0.1) is 0 Å². The van der Waals surface area contributed by atoms with Crippen LogP contribution in [0.15, 0.2) is 23.8 Å². The Kier molecular flexibility index (Phi) is 7.44. The van der Waals surface area contributed by atoms with Crippen LogP contribution in [0.1, 0.15) is 87.5 Å². The molecule has 0 amide bonds. The van der Waals surface area contributed by atoms with Crippen LogP contribution in [-0.2, 0) is 19.1 Å². The monoisotopic (exact) mass is 544 g/mol.